The van der Waals surface area contributed by atoms with Gasteiger partial charge in [0, 0.05) is 30.1 Å². The maximum atomic E-state index is 5.75. The van der Waals surface area contributed by atoms with Crippen LogP contribution in [0.5, 0.6) is 0 Å². The molecule has 4 aromatic rings. The molecule has 7 nitrogen and oxygen atoms in total. The molecule has 130 valence electrons. The Hall–Kier alpha value is -3.00. The van der Waals surface area contributed by atoms with Gasteiger partial charge in [-0.1, -0.05) is 30.0 Å². The number of hydrogen-bond acceptors (Lipinski definition) is 7. The molecule has 3 aromatic heterocycles. The van der Waals surface area contributed by atoms with Gasteiger partial charge in [-0.2, -0.15) is 0 Å². The predicted molar refractivity (Wildman–Crippen MR) is 98.2 cm³/mol. The van der Waals surface area contributed by atoms with E-state index in [0.717, 1.165) is 28.7 Å². The highest BCUT2D eigenvalue weighted by molar-refractivity contribution is 7.98. The molecule has 0 aliphatic heterocycles. The van der Waals surface area contributed by atoms with Gasteiger partial charge in [0.25, 0.3) is 0 Å². The maximum absolute atomic E-state index is 5.75. The lowest BCUT2D eigenvalue weighted by molar-refractivity contribution is 0.528. The molecule has 0 bridgehead atoms. The summed E-state index contributed by atoms with van der Waals surface area (Å²) in [5.74, 6) is 2.45. The molecule has 26 heavy (non-hydrogen) atoms. The van der Waals surface area contributed by atoms with Gasteiger partial charge >= 0.3 is 0 Å². The monoisotopic (exact) mass is 364 g/mol. The SMILES string of the molecule is CCn1c(SCc2nnc(-c3ccccc3)o2)nnc1-c1ccncc1. The third-order valence-corrected chi connectivity index (χ3v) is 4.74. The number of pyridine rings is 1. The molecule has 0 aliphatic rings. The number of thioether (sulfide) groups is 1. The zero-order chi connectivity index (χ0) is 17.8. The van der Waals surface area contributed by atoms with Crippen LogP contribution < -0.4 is 0 Å². The molecule has 0 atom stereocenters. The normalized spacial score (nSPS) is 11.0. The highest BCUT2D eigenvalue weighted by Crippen LogP contribution is 2.26. The number of aromatic nitrogens is 6. The van der Waals surface area contributed by atoms with E-state index in [-0.39, 0.29) is 0 Å². The third-order valence-electron chi connectivity index (χ3n) is 3.78. The highest BCUT2D eigenvalue weighted by Gasteiger charge is 2.15. The minimum Gasteiger partial charge on any atom is -0.420 e. The van der Waals surface area contributed by atoms with Crippen molar-refractivity contribution < 1.29 is 4.42 Å². The van der Waals surface area contributed by atoms with Crippen LogP contribution in [0.25, 0.3) is 22.8 Å². The summed E-state index contributed by atoms with van der Waals surface area (Å²) in [6.45, 7) is 2.84. The number of hydrogen-bond donors (Lipinski definition) is 0. The van der Waals surface area contributed by atoms with E-state index in [1.807, 2.05) is 42.5 Å². The van der Waals surface area contributed by atoms with Crippen molar-refractivity contribution in [3.05, 3.63) is 60.7 Å². The smallest absolute Gasteiger partial charge is 0.247 e. The van der Waals surface area contributed by atoms with E-state index in [1.165, 1.54) is 11.8 Å². The molecule has 3 heterocycles. The van der Waals surface area contributed by atoms with E-state index in [0.29, 0.717) is 17.5 Å². The molecule has 0 fully saturated rings. The minimum atomic E-state index is 0.524. The molecular weight excluding hydrogens is 348 g/mol. The summed E-state index contributed by atoms with van der Waals surface area (Å²) in [5, 5.41) is 17.7. The lowest BCUT2D eigenvalue weighted by Gasteiger charge is -2.06. The van der Waals surface area contributed by atoms with Crippen molar-refractivity contribution in [2.24, 2.45) is 0 Å². The average molecular weight is 364 g/mol. The molecule has 0 amide bonds. The molecular formula is C18H16N6OS. The quantitative estimate of drug-likeness (QED) is 0.482. The first-order valence-corrected chi connectivity index (χ1v) is 9.18. The lowest BCUT2D eigenvalue weighted by atomic mass is 10.2. The van der Waals surface area contributed by atoms with Crippen LogP contribution in [0.15, 0.2) is 64.4 Å². The summed E-state index contributed by atoms with van der Waals surface area (Å²) in [6.07, 6.45) is 3.50. The van der Waals surface area contributed by atoms with Crippen LogP contribution in [0.2, 0.25) is 0 Å². The first kappa shape index (κ1) is 16.5. The van der Waals surface area contributed by atoms with Gasteiger partial charge in [-0.15, -0.1) is 20.4 Å². The Morgan fingerprint density at radius 2 is 1.73 bits per heavy atom. The summed E-state index contributed by atoms with van der Waals surface area (Å²) < 4.78 is 7.81. The van der Waals surface area contributed by atoms with Crippen molar-refractivity contribution in [1.29, 1.82) is 0 Å². The molecule has 8 heteroatoms. The second-order valence-corrected chi connectivity index (χ2v) is 6.38. The summed E-state index contributed by atoms with van der Waals surface area (Å²) >= 11 is 1.53. The molecule has 0 unspecified atom stereocenters. The van der Waals surface area contributed by atoms with Crippen LogP contribution in [0.3, 0.4) is 0 Å². The average Bonchev–Trinajstić information content (AvgIpc) is 3.34. The summed E-state index contributed by atoms with van der Waals surface area (Å²) in [7, 11) is 0. The van der Waals surface area contributed by atoms with Gasteiger partial charge in [0.2, 0.25) is 11.8 Å². The van der Waals surface area contributed by atoms with E-state index in [1.54, 1.807) is 12.4 Å². The van der Waals surface area contributed by atoms with Gasteiger partial charge in [0.15, 0.2) is 11.0 Å². The van der Waals surface area contributed by atoms with Gasteiger partial charge in [-0.3, -0.25) is 4.98 Å². The van der Waals surface area contributed by atoms with E-state index >= 15 is 0 Å². The fourth-order valence-electron chi connectivity index (χ4n) is 2.53. The van der Waals surface area contributed by atoms with Gasteiger partial charge in [-0.25, -0.2) is 0 Å². The second kappa shape index (κ2) is 7.49. The van der Waals surface area contributed by atoms with Crippen molar-refractivity contribution in [2.45, 2.75) is 24.4 Å². The predicted octanol–water partition coefficient (Wildman–Crippen LogP) is 3.70. The van der Waals surface area contributed by atoms with Crippen LogP contribution in [0.4, 0.5) is 0 Å². The van der Waals surface area contributed by atoms with E-state index in [4.69, 9.17) is 4.42 Å². The molecule has 0 spiro atoms. The first-order valence-electron chi connectivity index (χ1n) is 8.19. The minimum absolute atomic E-state index is 0.524. The van der Waals surface area contributed by atoms with Gasteiger partial charge in [0.05, 0.1) is 5.75 Å². The molecule has 0 radical (unpaired) electrons. The van der Waals surface area contributed by atoms with Crippen molar-refractivity contribution in [2.75, 3.05) is 0 Å². The van der Waals surface area contributed by atoms with Crippen molar-refractivity contribution >= 4 is 11.8 Å². The Labute approximate surface area is 154 Å². The highest BCUT2D eigenvalue weighted by atomic mass is 32.2. The maximum Gasteiger partial charge on any atom is 0.247 e. The number of benzene rings is 1. The Morgan fingerprint density at radius 3 is 2.50 bits per heavy atom. The van der Waals surface area contributed by atoms with E-state index < -0.39 is 0 Å². The van der Waals surface area contributed by atoms with E-state index in [9.17, 15) is 0 Å². The van der Waals surface area contributed by atoms with Gasteiger partial charge < -0.3 is 8.98 Å². The Kier molecular flexibility index (Phi) is 4.74. The Bertz CT molecular complexity index is 983. The van der Waals surface area contributed by atoms with Crippen molar-refractivity contribution in [1.82, 2.24) is 29.9 Å². The zero-order valence-electron chi connectivity index (χ0n) is 14.1. The number of nitrogens with zero attached hydrogens (tertiary/aromatic N) is 6. The fraction of sp³-hybridized carbons (Fsp3) is 0.167. The molecule has 0 aliphatic carbocycles. The summed E-state index contributed by atoms with van der Waals surface area (Å²) in [6, 6.07) is 13.6. The van der Waals surface area contributed by atoms with Gasteiger partial charge in [0.1, 0.15) is 0 Å². The molecule has 1 aromatic carbocycles. The standard InChI is InChI=1S/C18H16N6OS/c1-2-24-16(13-8-10-19-11-9-13)21-23-18(24)26-12-15-20-22-17(25-15)14-6-4-3-5-7-14/h3-11H,2,12H2,1H3. The Balaban J connectivity index is 1.50. The third kappa shape index (κ3) is 3.36. The fourth-order valence-corrected chi connectivity index (χ4v) is 3.37. The topological polar surface area (TPSA) is 82.5 Å². The van der Waals surface area contributed by atoms with Crippen molar-refractivity contribution in [3.63, 3.8) is 0 Å². The molecule has 0 saturated carbocycles. The van der Waals surface area contributed by atoms with Crippen LogP contribution in [-0.2, 0) is 12.3 Å². The van der Waals surface area contributed by atoms with Crippen LogP contribution in [-0.4, -0.2) is 29.9 Å². The number of rotatable bonds is 6. The lowest BCUT2D eigenvalue weighted by Crippen LogP contribution is -2.00. The molecule has 0 saturated heterocycles. The van der Waals surface area contributed by atoms with Gasteiger partial charge in [-0.05, 0) is 31.2 Å². The van der Waals surface area contributed by atoms with Crippen LogP contribution in [0, 0.1) is 0 Å². The molecule has 4 rings (SSSR count). The molecule has 0 N–H and O–H groups in total. The van der Waals surface area contributed by atoms with E-state index in [2.05, 4.69) is 36.9 Å². The second-order valence-electron chi connectivity index (χ2n) is 5.44. The first-order chi connectivity index (χ1) is 12.8. The van der Waals surface area contributed by atoms with Crippen molar-refractivity contribution in [3.8, 4) is 22.8 Å². The Morgan fingerprint density at radius 1 is 0.923 bits per heavy atom. The summed E-state index contributed by atoms with van der Waals surface area (Å²) in [4.78, 5) is 4.05. The largest absolute Gasteiger partial charge is 0.420 e. The van der Waals surface area contributed by atoms with Crippen LogP contribution >= 0.6 is 11.8 Å². The summed E-state index contributed by atoms with van der Waals surface area (Å²) in [5.41, 5.74) is 1.90. The zero-order valence-corrected chi connectivity index (χ0v) is 14.9. The van der Waals surface area contributed by atoms with Crippen LogP contribution in [0.1, 0.15) is 12.8 Å².